The van der Waals surface area contributed by atoms with Crippen molar-refractivity contribution in [2.75, 3.05) is 19.7 Å². The second-order valence-corrected chi connectivity index (χ2v) is 6.55. The number of phenolic OH excluding ortho intramolecular Hbond substituents is 1. The van der Waals surface area contributed by atoms with E-state index in [0.717, 1.165) is 44.5 Å². The van der Waals surface area contributed by atoms with Gasteiger partial charge in [0.1, 0.15) is 5.75 Å². The van der Waals surface area contributed by atoms with Gasteiger partial charge in [0.05, 0.1) is 19.1 Å². The largest absolute Gasteiger partial charge is 0.508 e. The maximum Gasteiger partial charge on any atom is 0.226 e. The van der Waals surface area contributed by atoms with E-state index < -0.39 is 0 Å². The Kier molecular flexibility index (Phi) is 3.89. The van der Waals surface area contributed by atoms with Crippen molar-refractivity contribution in [1.82, 2.24) is 4.90 Å². The quantitative estimate of drug-likeness (QED) is 0.909. The molecule has 21 heavy (non-hydrogen) atoms. The van der Waals surface area contributed by atoms with Crippen molar-refractivity contribution in [3.63, 3.8) is 0 Å². The van der Waals surface area contributed by atoms with Gasteiger partial charge >= 0.3 is 0 Å². The fraction of sp³-hybridized carbons (Fsp3) is 0.588. The summed E-state index contributed by atoms with van der Waals surface area (Å²) in [5.41, 5.74) is 1.27. The molecule has 0 aromatic heterocycles. The van der Waals surface area contributed by atoms with Crippen molar-refractivity contribution in [2.45, 2.75) is 38.7 Å². The highest BCUT2D eigenvalue weighted by Crippen LogP contribution is 2.41. The van der Waals surface area contributed by atoms with E-state index in [2.05, 4.69) is 6.92 Å². The van der Waals surface area contributed by atoms with Crippen LogP contribution in [-0.4, -0.2) is 41.7 Å². The lowest BCUT2D eigenvalue weighted by atomic mass is 9.77. The van der Waals surface area contributed by atoms with E-state index in [9.17, 15) is 9.90 Å². The molecule has 1 amide bonds. The van der Waals surface area contributed by atoms with Crippen molar-refractivity contribution in [1.29, 1.82) is 0 Å². The highest BCUT2D eigenvalue weighted by atomic mass is 16.5. The average molecular weight is 289 g/mol. The molecule has 0 aliphatic carbocycles. The first-order chi connectivity index (χ1) is 10.1. The summed E-state index contributed by atoms with van der Waals surface area (Å²) in [6.07, 6.45) is 4.02. The van der Waals surface area contributed by atoms with E-state index in [-0.39, 0.29) is 11.7 Å². The van der Waals surface area contributed by atoms with Crippen LogP contribution in [0.2, 0.25) is 0 Å². The molecule has 0 radical (unpaired) electrons. The number of piperidine rings is 1. The molecule has 0 saturated carbocycles. The van der Waals surface area contributed by atoms with E-state index in [1.807, 2.05) is 17.0 Å². The smallest absolute Gasteiger partial charge is 0.226 e. The number of likely N-dealkylation sites (tertiary alicyclic amines) is 1. The first-order valence-electron chi connectivity index (χ1n) is 7.74. The molecule has 1 aromatic rings. The van der Waals surface area contributed by atoms with Crippen LogP contribution in [0.15, 0.2) is 24.3 Å². The molecule has 2 saturated heterocycles. The highest BCUT2D eigenvalue weighted by molar-refractivity contribution is 5.78. The number of ether oxygens (including phenoxy) is 1. The minimum absolute atomic E-state index is 0.183. The zero-order chi connectivity index (χ0) is 14.9. The lowest BCUT2D eigenvalue weighted by Crippen LogP contribution is -2.44. The molecule has 1 atom stereocenters. The predicted molar refractivity (Wildman–Crippen MR) is 80.1 cm³/mol. The van der Waals surface area contributed by atoms with Gasteiger partial charge in [-0.15, -0.1) is 0 Å². The molecular weight excluding hydrogens is 266 g/mol. The molecule has 114 valence electrons. The Morgan fingerprint density at radius 3 is 2.57 bits per heavy atom. The third-order valence-electron chi connectivity index (χ3n) is 4.86. The third kappa shape index (κ3) is 3.21. The molecule has 2 aliphatic rings. The van der Waals surface area contributed by atoms with Crippen molar-refractivity contribution in [3.8, 4) is 5.75 Å². The number of phenols is 1. The molecule has 1 N–H and O–H groups in total. The summed E-state index contributed by atoms with van der Waals surface area (Å²) in [4.78, 5) is 14.3. The van der Waals surface area contributed by atoms with Crippen LogP contribution in [0.25, 0.3) is 0 Å². The van der Waals surface area contributed by atoms with Gasteiger partial charge < -0.3 is 14.7 Å². The van der Waals surface area contributed by atoms with Crippen LogP contribution in [0.1, 0.15) is 31.7 Å². The van der Waals surface area contributed by atoms with Crippen LogP contribution in [0, 0.1) is 5.41 Å². The standard InChI is InChI=1S/C17H23NO3/c1-13-11-17(12-21-13)6-8-18(9-7-17)16(20)10-14-2-4-15(19)5-3-14/h2-5,13,19H,6-12H2,1H3. The topological polar surface area (TPSA) is 49.8 Å². The van der Waals surface area contributed by atoms with Gasteiger partial charge in [0.25, 0.3) is 0 Å². The number of rotatable bonds is 2. The van der Waals surface area contributed by atoms with Crippen LogP contribution in [0.5, 0.6) is 5.75 Å². The summed E-state index contributed by atoms with van der Waals surface area (Å²) >= 11 is 0. The van der Waals surface area contributed by atoms with Crippen LogP contribution >= 0.6 is 0 Å². The van der Waals surface area contributed by atoms with Gasteiger partial charge in [-0.25, -0.2) is 0 Å². The Morgan fingerprint density at radius 1 is 1.33 bits per heavy atom. The molecule has 1 unspecified atom stereocenters. The van der Waals surface area contributed by atoms with E-state index in [4.69, 9.17) is 4.74 Å². The van der Waals surface area contributed by atoms with E-state index >= 15 is 0 Å². The van der Waals surface area contributed by atoms with Crippen molar-refractivity contribution in [3.05, 3.63) is 29.8 Å². The molecule has 2 heterocycles. The molecular formula is C17H23NO3. The van der Waals surface area contributed by atoms with Crippen LogP contribution in [-0.2, 0) is 16.0 Å². The fourth-order valence-electron chi connectivity index (χ4n) is 3.53. The summed E-state index contributed by atoms with van der Waals surface area (Å²) in [6.45, 7) is 4.67. The summed E-state index contributed by atoms with van der Waals surface area (Å²) in [6, 6.07) is 6.88. The number of nitrogens with zero attached hydrogens (tertiary/aromatic N) is 1. The van der Waals surface area contributed by atoms with E-state index in [1.54, 1.807) is 12.1 Å². The minimum Gasteiger partial charge on any atom is -0.508 e. The van der Waals surface area contributed by atoms with E-state index in [1.165, 1.54) is 0 Å². The minimum atomic E-state index is 0.183. The fourth-order valence-corrected chi connectivity index (χ4v) is 3.53. The maximum atomic E-state index is 12.4. The Morgan fingerprint density at radius 2 is 2.00 bits per heavy atom. The highest BCUT2D eigenvalue weighted by Gasteiger charge is 2.41. The van der Waals surface area contributed by atoms with Gasteiger partial charge in [0.2, 0.25) is 5.91 Å². The molecule has 0 bridgehead atoms. The Labute approximate surface area is 125 Å². The number of carbonyl (C=O) groups is 1. The van der Waals surface area contributed by atoms with Gasteiger partial charge in [-0.1, -0.05) is 12.1 Å². The zero-order valence-electron chi connectivity index (χ0n) is 12.5. The first-order valence-corrected chi connectivity index (χ1v) is 7.74. The van der Waals surface area contributed by atoms with Gasteiger partial charge in [-0.05, 0) is 49.3 Å². The third-order valence-corrected chi connectivity index (χ3v) is 4.86. The second kappa shape index (κ2) is 5.68. The number of hydrogen-bond donors (Lipinski definition) is 1. The Balaban J connectivity index is 1.54. The number of benzene rings is 1. The summed E-state index contributed by atoms with van der Waals surface area (Å²) < 4.78 is 5.72. The molecule has 4 heteroatoms. The molecule has 3 rings (SSSR count). The van der Waals surface area contributed by atoms with Crippen LogP contribution in [0.3, 0.4) is 0 Å². The normalized spacial score (nSPS) is 24.4. The lowest BCUT2D eigenvalue weighted by Gasteiger charge is -2.38. The van der Waals surface area contributed by atoms with Gasteiger partial charge in [0, 0.05) is 13.1 Å². The second-order valence-electron chi connectivity index (χ2n) is 6.55. The van der Waals surface area contributed by atoms with Crippen LogP contribution in [0.4, 0.5) is 0 Å². The summed E-state index contributed by atoms with van der Waals surface area (Å²) in [7, 11) is 0. The number of hydrogen-bond acceptors (Lipinski definition) is 3. The maximum absolute atomic E-state index is 12.4. The monoisotopic (exact) mass is 289 g/mol. The predicted octanol–water partition coefficient (Wildman–Crippen LogP) is 2.35. The molecule has 1 spiro atoms. The van der Waals surface area contributed by atoms with Gasteiger partial charge in [0.15, 0.2) is 0 Å². The molecule has 2 aliphatic heterocycles. The zero-order valence-corrected chi connectivity index (χ0v) is 12.5. The average Bonchev–Trinajstić information content (AvgIpc) is 2.83. The molecule has 1 aromatic carbocycles. The number of amides is 1. The first kappa shape index (κ1) is 14.4. The van der Waals surface area contributed by atoms with Gasteiger partial charge in [-0.3, -0.25) is 4.79 Å². The van der Waals surface area contributed by atoms with E-state index in [0.29, 0.717) is 17.9 Å². The summed E-state index contributed by atoms with van der Waals surface area (Å²) in [5.74, 6) is 0.420. The SMILES string of the molecule is CC1CC2(CCN(C(=O)Cc3ccc(O)cc3)CC2)CO1. The van der Waals surface area contributed by atoms with Crippen molar-refractivity contribution >= 4 is 5.91 Å². The van der Waals surface area contributed by atoms with Gasteiger partial charge in [-0.2, -0.15) is 0 Å². The number of carbonyl (C=O) groups excluding carboxylic acids is 1. The van der Waals surface area contributed by atoms with Crippen LogP contribution < -0.4 is 0 Å². The van der Waals surface area contributed by atoms with Crippen molar-refractivity contribution in [2.24, 2.45) is 5.41 Å². The Hall–Kier alpha value is -1.55. The molecule has 2 fully saturated rings. The number of aromatic hydroxyl groups is 1. The van der Waals surface area contributed by atoms with Crippen molar-refractivity contribution < 1.29 is 14.6 Å². The lowest BCUT2D eigenvalue weighted by molar-refractivity contribution is -0.132. The Bertz CT molecular complexity index is 503. The molecule has 4 nitrogen and oxygen atoms in total. The summed E-state index contributed by atoms with van der Waals surface area (Å²) in [5, 5.41) is 9.27.